The Balaban J connectivity index is 1.74. The van der Waals surface area contributed by atoms with Crippen LogP contribution in [0.25, 0.3) is 0 Å². The Morgan fingerprint density at radius 2 is 2.00 bits per heavy atom. The maximum absolute atomic E-state index is 13.1. The molecule has 1 fully saturated rings. The molecule has 30 heavy (non-hydrogen) atoms. The average molecular weight is 422 g/mol. The molecule has 0 amide bonds. The molecule has 1 aliphatic rings. The molecule has 1 aromatic carbocycles. The van der Waals surface area contributed by atoms with Gasteiger partial charge in [0.2, 0.25) is 0 Å². The minimum atomic E-state index is -4.35. The molecular weight excluding hydrogens is 391 g/mol. The van der Waals surface area contributed by atoms with Crippen LogP contribution in [0.2, 0.25) is 0 Å². The van der Waals surface area contributed by atoms with Crippen LogP contribution >= 0.6 is 0 Å². The van der Waals surface area contributed by atoms with Gasteiger partial charge in [-0.1, -0.05) is 32.0 Å². The molecule has 5 nitrogen and oxygen atoms in total. The topological polar surface area (TPSA) is 45.5 Å². The van der Waals surface area contributed by atoms with Crippen LogP contribution in [0.4, 0.5) is 13.2 Å². The van der Waals surface area contributed by atoms with E-state index in [4.69, 9.17) is 4.99 Å². The van der Waals surface area contributed by atoms with Gasteiger partial charge < -0.3 is 10.2 Å². The normalized spacial score (nSPS) is 18.2. The Hall–Kier alpha value is -2.51. The number of rotatable bonds is 5. The number of benzene rings is 1. The number of nitrogens with zero attached hydrogens (tertiary/aromatic N) is 4. The minimum Gasteiger partial charge on any atom is -0.357 e. The van der Waals surface area contributed by atoms with Gasteiger partial charge in [-0.25, -0.2) is 0 Å². The Morgan fingerprint density at radius 1 is 1.27 bits per heavy atom. The molecule has 164 valence electrons. The third-order valence-electron chi connectivity index (χ3n) is 5.61. The molecule has 2 aromatic rings. The van der Waals surface area contributed by atoms with Crippen molar-refractivity contribution in [2.24, 2.45) is 12.0 Å². The van der Waals surface area contributed by atoms with Gasteiger partial charge >= 0.3 is 6.18 Å². The molecule has 1 aromatic heterocycles. The number of aromatic nitrogens is 2. The monoisotopic (exact) mass is 421 g/mol. The minimum absolute atomic E-state index is 0.394. The van der Waals surface area contributed by atoms with Crippen molar-refractivity contribution in [1.29, 1.82) is 0 Å². The zero-order valence-electron chi connectivity index (χ0n) is 18.0. The summed E-state index contributed by atoms with van der Waals surface area (Å²) in [5.41, 5.74) is 0.708. The van der Waals surface area contributed by atoms with Gasteiger partial charge in [0.05, 0.1) is 18.3 Å². The fourth-order valence-corrected chi connectivity index (χ4v) is 3.78. The molecule has 0 bridgehead atoms. The van der Waals surface area contributed by atoms with Crippen molar-refractivity contribution < 1.29 is 13.2 Å². The predicted molar refractivity (Wildman–Crippen MR) is 113 cm³/mol. The lowest BCUT2D eigenvalue weighted by Crippen LogP contribution is -2.41. The van der Waals surface area contributed by atoms with E-state index in [1.807, 2.05) is 38.7 Å². The molecule has 0 aliphatic carbocycles. The van der Waals surface area contributed by atoms with Crippen molar-refractivity contribution >= 4 is 5.96 Å². The van der Waals surface area contributed by atoms with Crippen LogP contribution < -0.4 is 5.32 Å². The molecule has 8 heteroatoms. The zero-order chi connectivity index (χ0) is 21.9. The molecule has 1 N–H and O–H groups in total. The molecule has 1 atom stereocenters. The van der Waals surface area contributed by atoms with Crippen molar-refractivity contribution in [3.05, 3.63) is 53.3 Å². The van der Waals surface area contributed by atoms with Gasteiger partial charge in [-0.05, 0) is 30.5 Å². The SMILES string of the molecule is CCNC(=NCC(C)(C)c1cccc(C(F)(F)F)c1)N1CCC(c2cnn(C)c2)C1. The van der Waals surface area contributed by atoms with Crippen molar-refractivity contribution in [2.75, 3.05) is 26.2 Å². The maximum Gasteiger partial charge on any atom is 0.416 e. The smallest absolute Gasteiger partial charge is 0.357 e. The average Bonchev–Trinajstić information content (AvgIpc) is 3.33. The predicted octanol–water partition coefficient (Wildman–Crippen LogP) is 4.17. The number of halogens is 3. The van der Waals surface area contributed by atoms with Crippen LogP contribution in [0.3, 0.4) is 0 Å². The number of aryl methyl sites for hydroxylation is 1. The molecule has 1 saturated heterocycles. The standard InChI is InChI=1S/C22H30F3N5/c1-5-26-20(30-10-9-16(14-30)17-12-28-29(4)13-17)27-15-21(2,3)18-7-6-8-19(11-18)22(23,24)25/h6-8,11-13,16H,5,9-10,14-15H2,1-4H3,(H,26,27). The molecule has 1 unspecified atom stereocenters. The largest absolute Gasteiger partial charge is 0.416 e. The lowest BCUT2D eigenvalue weighted by Gasteiger charge is -2.27. The van der Waals surface area contributed by atoms with Crippen molar-refractivity contribution in [3.8, 4) is 0 Å². The highest BCUT2D eigenvalue weighted by atomic mass is 19.4. The molecule has 0 radical (unpaired) electrons. The van der Waals surface area contributed by atoms with E-state index in [-0.39, 0.29) is 0 Å². The lowest BCUT2D eigenvalue weighted by molar-refractivity contribution is -0.137. The first-order valence-corrected chi connectivity index (χ1v) is 10.3. The van der Waals surface area contributed by atoms with E-state index in [9.17, 15) is 13.2 Å². The molecule has 0 spiro atoms. The Kier molecular flexibility index (Phi) is 6.43. The van der Waals surface area contributed by atoms with Crippen molar-refractivity contribution in [2.45, 2.75) is 44.7 Å². The van der Waals surface area contributed by atoms with Gasteiger partial charge in [0, 0.05) is 44.2 Å². The third kappa shape index (κ3) is 5.15. The summed E-state index contributed by atoms with van der Waals surface area (Å²) in [4.78, 5) is 7.02. The van der Waals surface area contributed by atoms with Gasteiger partial charge in [0.25, 0.3) is 0 Å². The van der Waals surface area contributed by atoms with Crippen LogP contribution in [0.5, 0.6) is 0 Å². The van der Waals surface area contributed by atoms with Crippen molar-refractivity contribution in [1.82, 2.24) is 20.0 Å². The van der Waals surface area contributed by atoms with E-state index in [1.54, 1.807) is 6.07 Å². The van der Waals surface area contributed by atoms with E-state index in [2.05, 4.69) is 21.5 Å². The van der Waals surface area contributed by atoms with E-state index in [0.717, 1.165) is 38.1 Å². The summed E-state index contributed by atoms with van der Waals surface area (Å²) < 4.78 is 41.1. The zero-order valence-corrected chi connectivity index (χ0v) is 18.0. The fraction of sp³-hybridized carbons (Fsp3) is 0.545. The first kappa shape index (κ1) is 22.2. The highest BCUT2D eigenvalue weighted by Crippen LogP contribution is 2.33. The van der Waals surface area contributed by atoms with Crippen molar-refractivity contribution in [3.63, 3.8) is 0 Å². The molecule has 1 aliphatic heterocycles. The number of alkyl halides is 3. The summed E-state index contributed by atoms with van der Waals surface area (Å²) in [7, 11) is 1.91. The van der Waals surface area contributed by atoms with Crippen LogP contribution in [0.15, 0.2) is 41.7 Å². The second-order valence-corrected chi connectivity index (χ2v) is 8.51. The van der Waals surface area contributed by atoms with E-state index in [1.165, 1.54) is 17.7 Å². The highest BCUT2D eigenvalue weighted by molar-refractivity contribution is 5.80. The number of guanidine groups is 1. The molecule has 2 heterocycles. The summed E-state index contributed by atoms with van der Waals surface area (Å²) in [6, 6.07) is 5.55. The number of hydrogen-bond acceptors (Lipinski definition) is 2. The van der Waals surface area contributed by atoms with Gasteiger partial charge in [-0.3, -0.25) is 9.67 Å². The Bertz CT molecular complexity index is 885. The van der Waals surface area contributed by atoms with Gasteiger partial charge in [-0.15, -0.1) is 0 Å². The number of nitrogens with one attached hydrogen (secondary N) is 1. The highest BCUT2D eigenvalue weighted by Gasteiger charge is 2.32. The van der Waals surface area contributed by atoms with Crippen LogP contribution in [0, 0.1) is 0 Å². The summed E-state index contributed by atoms with van der Waals surface area (Å²) in [6.45, 7) is 8.73. The second kappa shape index (κ2) is 8.70. The van der Waals surface area contributed by atoms with E-state index in [0.29, 0.717) is 18.0 Å². The Labute approximate surface area is 176 Å². The first-order chi connectivity index (χ1) is 14.1. The fourth-order valence-electron chi connectivity index (χ4n) is 3.78. The number of likely N-dealkylation sites (tertiary alicyclic amines) is 1. The third-order valence-corrected chi connectivity index (χ3v) is 5.61. The maximum atomic E-state index is 13.1. The van der Waals surface area contributed by atoms with Crippen LogP contribution in [-0.2, 0) is 18.6 Å². The molecular formula is C22H30F3N5. The van der Waals surface area contributed by atoms with Gasteiger partial charge in [-0.2, -0.15) is 18.3 Å². The van der Waals surface area contributed by atoms with Crippen LogP contribution in [0.1, 0.15) is 49.8 Å². The summed E-state index contributed by atoms with van der Waals surface area (Å²) >= 11 is 0. The summed E-state index contributed by atoms with van der Waals surface area (Å²) in [5.74, 6) is 1.21. The van der Waals surface area contributed by atoms with Gasteiger partial charge in [0.15, 0.2) is 5.96 Å². The van der Waals surface area contributed by atoms with E-state index >= 15 is 0 Å². The first-order valence-electron chi connectivity index (χ1n) is 10.3. The van der Waals surface area contributed by atoms with Gasteiger partial charge in [0.1, 0.15) is 0 Å². The number of hydrogen-bond donors (Lipinski definition) is 1. The lowest BCUT2D eigenvalue weighted by atomic mass is 9.84. The molecule has 3 rings (SSSR count). The van der Waals surface area contributed by atoms with Crippen LogP contribution in [-0.4, -0.2) is 46.8 Å². The Morgan fingerprint density at radius 3 is 2.63 bits per heavy atom. The summed E-state index contributed by atoms with van der Waals surface area (Å²) in [5, 5.41) is 7.60. The second-order valence-electron chi connectivity index (χ2n) is 8.51. The van der Waals surface area contributed by atoms with E-state index < -0.39 is 17.2 Å². The quantitative estimate of drug-likeness (QED) is 0.582. The number of aliphatic imine (C=N–C) groups is 1. The summed E-state index contributed by atoms with van der Waals surface area (Å²) in [6.07, 6.45) is 0.637. The molecule has 0 saturated carbocycles.